The molecule has 0 radical (unpaired) electrons. The van der Waals surface area contributed by atoms with Gasteiger partial charge < -0.3 is 9.67 Å². The molecule has 1 rings (SSSR count). The fourth-order valence-corrected chi connectivity index (χ4v) is 1.51. The minimum Gasteiger partial charge on any atom is -0.385 e. The summed E-state index contributed by atoms with van der Waals surface area (Å²) in [6.45, 7) is 7.26. The predicted molar refractivity (Wildman–Crippen MR) is 56.9 cm³/mol. The Hall–Kier alpha value is -0.830. The van der Waals surface area contributed by atoms with Crippen LogP contribution in [0.1, 0.15) is 45.5 Å². The summed E-state index contributed by atoms with van der Waals surface area (Å²) in [7, 11) is 0. The van der Waals surface area contributed by atoms with Crippen LogP contribution in [0.5, 0.6) is 0 Å². The Bertz CT molecular complexity index is 268. The van der Waals surface area contributed by atoms with Gasteiger partial charge in [0.05, 0.1) is 0 Å². The second kappa shape index (κ2) is 5.15. The third kappa shape index (κ3) is 2.84. The molecule has 0 aromatic carbocycles. The van der Waals surface area contributed by atoms with Crippen LogP contribution in [0.15, 0.2) is 12.4 Å². The molecule has 0 aliphatic carbocycles. The van der Waals surface area contributed by atoms with Gasteiger partial charge in [0, 0.05) is 18.9 Å². The standard InChI is InChI=1S/C11H20N2O/c1-4-13-8-7-12-11(13)10(14)6-5-9(2)3/h7-10,14H,4-6H2,1-3H3. The maximum absolute atomic E-state index is 9.89. The minimum atomic E-state index is -0.410. The van der Waals surface area contributed by atoms with Crippen LogP contribution in [0, 0.1) is 5.92 Å². The highest BCUT2D eigenvalue weighted by molar-refractivity contribution is 4.96. The Balaban J connectivity index is 2.55. The molecular weight excluding hydrogens is 176 g/mol. The zero-order valence-electron chi connectivity index (χ0n) is 9.27. The number of hydrogen-bond acceptors (Lipinski definition) is 2. The van der Waals surface area contributed by atoms with E-state index >= 15 is 0 Å². The highest BCUT2D eigenvalue weighted by Crippen LogP contribution is 2.19. The number of rotatable bonds is 5. The van der Waals surface area contributed by atoms with E-state index in [1.807, 2.05) is 10.8 Å². The minimum absolute atomic E-state index is 0.410. The topological polar surface area (TPSA) is 38.0 Å². The lowest BCUT2D eigenvalue weighted by molar-refractivity contribution is 0.145. The van der Waals surface area contributed by atoms with Crippen molar-refractivity contribution in [1.82, 2.24) is 9.55 Å². The molecule has 1 aromatic rings. The Morgan fingerprint density at radius 2 is 2.14 bits per heavy atom. The van der Waals surface area contributed by atoms with Crippen LogP contribution in [0.25, 0.3) is 0 Å². The van der Waals surface area contributed by atoms with Gasteiger partial charge in [-0.3, -0.25) is 0 Å². The lowest BCUT2D eigenvalue weighted by Crippen LogP contribution is -2.08. The molecule has 1 N–H and O–H groups in total. The van der Waals surface area contributed by atoms with Gasteiger partial charge in [0.2, 0.25) is 0 Å². The van der Waals surface area contributed by atoms with Gasteiger partial charge in [-0.15, -0.1) is 0 Å². The molecule has 0 saturated heterocycles. The molecule has 3 nitrogen and oxygen atoms in total. The molecule has 0 aliphatic rings. The van der Waals surface area contributed by atoms with Gasteiger partial charge in [-0.2, -0.15) is 0 Å². The van der Waals surface area contributed by atoms with E-state index in [0.717, 1.165) is 25.2 Å². The van der Waals surface area contributed by atoms with Crippen LogP contribution >= 0.6 is 0 Å². The molecule has 14 heavy (non-hydrogen) atoms. The van der Waals surface area contributed by atoms with Gasteiger partial charge >= 0.3 is 0 Å². The summed E-state index contributed by atoms with van der Waals surface area (Å²) in [5, 5.41) is 9.89. The summed E-state index contributed by atoms with van der Waals surface area (Å²) >= 11 is 0. The summed E-state index contributed by atoms with van der Waals surface area (Å²) in [4.78, 5) is 4.18. The van der Waals surface area contributed by atoms with Crippen LogP contribution in [-0.4, -0.2) is 14.7 Å². The largest absolute Gasteiger partial charge is 0.385 e. The maximum atomic E-state index is 9.89. The maximum Gasteiger partial charge on any atom is 0.137 e. The Labute approximate surface area is 85.8 Å². The fraction of sp³-hybridized carbons (Fsp3) is 0.727. The number of hydrogen-bond donors (Lipinski definition) is 1. The quantitative estimate of drug-likeness (QED) is 0.785. The first-order valence-corrected chi connectivity index (χ1v) is 5.34. The average molecular weight is 196 g/mol. The SMILES string of the molecule is CCn1ccnc1C(O)CCC(C)C. The molecule has 0 aliphatic heterocycles. The van der Waals surface area contributed by atoms with E-state index in [0.29, 0.717) is 5.92 Å². The molecule has 3 heteroatoms. The second-order valence-corrected chi connectivity index (χ2v) is 4.06. The van der Waals surface area contributed by atoms with Crippen LogP contribution in [0.4, 0.5) is 0 Å². The summed E-state index contributed by atoms with van der Waals surface area (Å²) < 4.78 is 1.99. The summed E-state index contributed by atoms with van der Waals surface area (Å²) in [6, 6.07) is 0. The molecule has 0 fully saturated rings. The zero-order chi connectivity index (χ0) is 10.6. The van der Waals surface area contributed by atoms with Gasteiger partial charge in [0.1, 0.15) is 11.9 Å². The fourth-order valence-electron chi connectivity index (χ4n) is 1.51. The van der Waals surface area contributed by atoms with E-state index in [2.05, 4.69) is 25.8 Å². The Morgan fingerprint density at radius 3 is 2.71 bits per heavy atom. The molecule has 0 saturated carbocycles. The first-order chi connectivity index (χ1) is 6.65. The van der Waals surface area contributed by atoms with E-state index < -0.39 is 6.10 Å². The van der Waals surface area contributed by atoms with Gasteiger partial charge in [-0.1, -0.05) is 13.8 Å². The van der Waals surface area contributed by atoms with E-state index in [1.54, 1.807) is 6.20 Å². The van der Waals surface area contributed by atoms with Gasteiger partial charge in [-0.05, 0) is 25.7 Å². The van der Waals surface area contributed by atoms with E-state index in [-0.39, 0.29) is 0 Å². The van der Waals surface area contributed by atoms with Crippen molar-refractivity contribution >= 4 is 0 Å². The molecule has 0 bridgehead atoms. The number of nitrogens with zero attached hydrogens (tertiary/aromatic N) is 2. The van der Waals surface area contributed by atoms with Gasteiger partial charge in [0.25, 0.3) is 0 Å². The molecule has 0 amide bonds. The number of aliphatic hydroxyl groups excluding tert-OH is 1. The highest BCUT2D eigenvalue weighted by atomic mass is 16.3. The Morgan fingerprint density at radius 1 is 1.43 bits per heavy atom. The normalized spacial score (nSPS) is 13.5. The summed E-state index contributed by atoms with van der Waals surface area (Å²) in [6.07, 6.45) is 5.09. The van der Waals surface area contributed by atoms with Crippen molar-refractivity contribution in [3.05, 3.63) is 18.2 Å². The molecular formula is C11H20N2O. The zero-order valence-corrected chi connectivity index (χ0v) is 9.27. The predicted octanol–water partition coefficient (Wildman–Crippen LogP) is 2.37. The van der Waals surface area contributed by atoms with E-state index in [9.17, 15) is 5.11 Å². The van der Waals surface area contributed by atoms with Crippen molar-refractivity contribution in [2.45, 2.75) is 46.3 Å². The van der Waals surface area contributed by atoms with Crippen molar-refractivity contribution in [1.29, 1.82) is 0 Å². The molecule has 1 aromatic heterocycles. The monoisotopic (exact) mass is 196 g/mol. The molecule has 80 valence electrons. The number of aryl methyl sites for hydroxylation is 1. The van der Waals surface area contributed by atoms with Crippen LogP contribution < -0.4 is 0 Å². The van der Waals surface area contributed by atoms with E-state index in [1.165, 1.54) is 0 Å². The first kappa shape index (κ1) is 11.2. The smallest absolute Gasteiger partial charge is 0.137 e. The molecule has 1 heterocycles. The summed E-state index contributed by atoms with van der Waals surface area (Å²) in [5.41, 5.74) is 0. The van der Waals surface area contributed by atoms with Crippen molar-refractivity contribution in [2.24, 2.45) is 5.92 Å². The van der Waals surface area contributed by atoms with Gasteiger partial charge in [0.15, 0.2) is 0 Å². The van der Waals surface area contributed by atoms with Crippen molar-refractivity contribution in [3.63, 3.8) is 0 Å². The number of aromatic nitrogens is 2. The average Bonchev–Trinajstić information content (AvgIpc) is 2.61. The molecule has 1 atom stereocenters. The van der Waals surface area contributed by atoms with Crippen molar-refractivity contribution < 1.29 is 5.11 Å². The van der Waals surface area contributed by atoms with Crippen LogP contribution in [-0.2, 0) is 6.54 Å². The lowest BCUT2D eigenvalue weighted by Gasteiger charge is -2.13. The van der Waals surface area contributed by atoms with Gasteiger partial charge in [-0.25, -0.2) is 4.98 Å². The first-order valence-electron chi connectivity index (χ1n) is 5.34. The molecule has 0 spiro atoms. The Kier molecular flexibility index (Phi) is 4.14. The van der Waals surface area contributed by atoms with Crippen LogP contribution in [0.3, 0.4) is 0 Å². The number of aliphatic hydroxyl groups is 1. The van der Waals surface area contributed by atoms with Crippen molar-refractivity contribution in [2.75, 3.05) is 0 Å². The van der Waals surface area contributed by atoms with E-state index in [4.69, 9.17) is 0 Å². The van der Waals surface area contributed by atoms with Crippen LogP contribution in [0.2, 0.25) is 0 Å². The number of imidazole rings is 1. The highest BCUT2D eigenvalue weighted by Gasteiger charge is 2.13. The third-order valence-corrected chi connectivity index (χ3v) is 2.40. The lowest BCUT2D eigenvalue weighted by atomic mass is 10.0. The molecule has 1 unspecified atom stereocenters. The third-order valence-electron chi connectivity index (χ3n) is 2.40. The van der Waals surface area contributed by atoms with Crippen molar-refractivity contribution in [3.8, 4) is 0 Å². The summed E-state index contributed by atoms with van der Waals surface area (Å²) in [5.74, 6) is 1.43. The second-order valence-electron chi connectivity index (χ2n) is 4.06.